The number of aromatic nitrogens is 3. The van der Waals surface area contributed by atoms with Crippen LogP contribution in [0.25, 0.3) is 0 Å². The molecule has 0 spiro atoms. The van der Waals surface area contributed by atoms with Gasteiger partial charge in [0, 0.05) is 17.7 Å². The van der Waals surface area contributed by atoms with Crippen LogP contribution in [0.5, 0.6) is 5.75 Å². The Balaban J connectivity index is 1.49. The molecule has 1 N–H and O–H groups in total. The zero-order valence-corrected chi connectivity index (χ0v) is 17.8. The average molecular weight is 454 g/mol. The molecule has 0 saturated carbocycles. The molecule has 2 atom stereocenters. The topological polar surface area (TPSA) is 69.0 Å². The first-order valence-electron chi connectivity index (χ1n) is 10.6. The van der Waals surface area contributed by atoms with Gasteiger partial charge in [-0.2, -0.15) is 18.2 Å². The van der Waals surface area contributed by atoms with E-state index in [9.17, 15) is 18.0 Å². The molecule has 0 radical (unpaired) electrons. The van der Waals surface area contributed by atoms with Crippen molar-refractivity contribution in [1.29, 1.82) is 0 Å². The summed E-state index contributed by atoms with van der Waals surface area (Å²) in [5.41, 5.74) is 2.71. The lowest BCUT2D eigenvalue weighted by Crippen LogP contribution is -2.33. The first-order valence-corrected chi connectivity index (χ1v) is 10.6. The van der Waals surface area contributed by atoms with Gasteiger partial charge in [-0.1, -0.05) is 49.4 Å². The van der Waals surface area contributed by atoms with Crippen LogP contribution in [0, 0.1) is 5.92 Å². The molecular weight excluding hydrogens is 433 g/mol. The van der Waals surface area contributed by atoms with E-state index in [0.29, 0.717) is 42.0 Å². The first kappa shape index (κ1) is 21.2. The van der Waals surface area contributed by atoms with Crippen LogP contribution < -0.4 is 10.1 Å². The van der Waals surface area contributed by atoms with Crippen molar-refractivity contribution in [2.24, 2.45) is 5.92 Å². The number of ether oxygens (including phenoxy) is 1. The normalized spacial score (nSPS) is 20.2. The zero-order valence-electron chi connectivity index (χ0n) is 17.8. The molecule has 1 aromatic heterocycles. The summed E-state index contributed by atoms with van der Waals surface area (Å²) in [5.74, 6) is -0.644. The second kappa shape index (κ2) is 8.06. The van der Waals surface area contributed by atoms with E-state index in [1.165, 1.54) is 0 Å². The Hall–Kier alpha value is -3.62. The van der Waals surface area contributed by atoms with E-state index >= 15 is 0 Å². The van der Waals surface area contributed by atoms with Crippen molar-refractivity contribution in [2.75, 3.05) is 5.32 Å². The molecule has 5 rings (SSSR count). The Labute approximate surface area is 188 Å². The lowest BCUT2D eigenvalue weighted by molar-refractivity contribution is -0.145. The summed E-state index contributed by atoms with van der Waals surface area (Å²) in [5, 5.41) is 6.65. The number of benzene rings is 2. The number of allylic oxidation sites excluding steroid dienone is 2. The standard InChI is InChI=1S/C24H21F3N4O2/c1-14-11-18-20(19(32)12-14)21(31-23(28-18)29-22(30-31)24(25,26)27)16-7-9-17(10-8-16)33-13-15-5-3-2-4-6-15/h2-10,14,21H,11-13H2,1H3,(H,28,29,30)/t14-,21-/m1/s1. The summed E-state index contributed by atoms with van der Waals surface area (Å²) in [7, 11) is 0. The minimum atomic E-state index is -4.69. The summed E-state index contributed by atoms with van der Waals surface area (Å²) in [4.78, 5) is 16.6. The quantitative estimate of drug-likeness (QED) is 0.591. The largest absolute Gasteiger partial charge is 0.489 e. The number of nitrogens with zero attached hydrogens (tertiary/aromatic N) is 3. The second-order valence-electron chi connectivity index (χ2n) is 8.40. The van der Waals surface area contributed by atoms with Crippen LogP contribution >= 0.6 is 0 Å². The molecule has 2 aromatic carbocycles. The number of hydrogen-bond donors (Lipinski definition) is 1. The predicted molar refractivity (Wildman–Crippen MR) is 114 cm³/mol. The third-order valence-electron chi connectivity index (χ3n) is 5.82. The third kappa shape index (κ3) is 4.10. The maximum atomic E-state index is 13.3. The molecule has 1 aliphatic carbocycles. The Morgan fingerprint density at radius 3 is 2.52 bits per heavy atom. The van der Waals surface area contributed by atoms with E-state index in [1.54, 1.807) is 24.3 Å². The fraction of sp³-hybridized carbons (Fsp3) is 0.292. The molecule has 0 saturated heterocycles. The highest BCUT2D eigenvalue weighted by Gasteiger charge is 2.42. The molecule has 3 aromatic rings. The molecule has 0 bridgehead atoms. The highest BCUT2D eigenvalue weighted by Crippen LogP contribution is 2.42. The van der Waals surface area contributed by atoms with Gasteiger partial charge < -0.3 is 10.1 Å². The van der Waals surface area contributed by atoms with Crippen LogP contribution in [-0.4, -0.2) is 20.5 Å². The van der Waals surface area contributed by atoms with Gasteiger partial charge in [-0.3, -0.25) is 4.79 Å². The van der Waals surface area contributed by atoms with Crippen molar-refractivity contribution < 1.29 is 22.7 Å². The van der Waals surface area contributed by atoms with Crippen LogP contribution in [0.15, 0.2) is 65.9 Å². The van der Waals surface area contributed by atoms with Crippen molar-refractivity contribution >= 4 is 11.7 Å². The number of halogens is 3. The maximum absolute atomic E-state index is 13.3. The number of ketones is 1. The van der Waals surface area contributed by atoms with Gasteiger partial charge in [-0.05, 0) is 35.6 Å². The Morgan fingerprint density at radius 2 is 1.82 bits per heavy atom. The Kier molecular flexibility index (Phi) is 5.19. The lowest BCUT2D eigenvalue weighted by atomic mass is 9.81. The smallest absolute Gasteiger partial charge is 0.453 e. The summed E-state index contributed by atoms with van der Waals surface area (Å²) in [6, 6.07) is 15.9. The summed E-state index contributed by atoms with van der Waals surface area (Å²) in [6.45, 7) is 2.33. The van der Waals surface area contributed by atoms with E-state index < -0.39 is 18.0 Å². The highest BCUT2D eigenvalue weighted by atomic mass is 19.4. The summed E-state index contributed by atoms with van der Waals surface area (Å²) >= 11 is 0. The number of rotatable bonds is 4. The molecule has 0 amide bonds. The lowest BCUT2D eigenvalue weighted by Gasteiger charge is -2.34. The van der Waals surface area contributed by atoms with Gasteiger partial charge in [-0.25, -0.2) is 4.68 Å². The number of alkyl halides is 3. The van der Waals surface area contributed by atoms with Gasteiger partial charge in [0.2, 0.25) is 5.95 Å². The monoisotopic (exact) mass is 454 g/mol. The van der Waals surface area contributed by atoms with Gasteiger partial charge in [0.15, 0.2) is 5.78 Å². The molecular formula is C24H21F3N4O2. The zero-order chi connectivity index (χ0) is 23.2. The van der Waals surface area contributed by atoms with Crippen molar-refractivity contribution in [3.63, 3.8) is 0 Å². The van der Waals surface area contributed by atoms with Crippen molar-refractivity contribution in [2.45, 2.75) is 38.6 Å². The number of carbonyl (C=O) groups excluding carboxylic acids is 1. The number of hydrogen-bond acceptors (Lipinski definition) is 5. The molecule has 9 heteroatoms. The predicted octanol–water partition coefficient (Wildman–Crippen LogP) is 5.14. The fourth-order valence-corrected chi connectivity index (χ4v) is 4.32. The van der Waals surface area contributed by atoms with E-state index in [1.807, 2.05) is 37.3 Å². The van der Waals surface area contributed by atoms with E-state index in [0.717, 1.165) is 10.2 Å². The van der Waals surface area contributed by atoms with Crippen molar-refractivity contribution in [1.82, 2.24) is 14.8 Å². The van der Waals surface area contributed by atoms with E-state index in [2.05, 4.69) is 15.4 Å². The molecule has 2 aliphatic rings. The van der Waals surface area contributed by atoms with E-state index in [4.69, 9.17) is 4.74 Å². The minimum absolute atomic E-state index is 0.0163. The highest BCUT2D eigenvalue weighted by molar-refractivity contribution is 5.99. The van der Waals surface area contributed by atoms with Gasteiger partial charge >= 0.3 is 6.18 Å². The number of fused-ring (bicyclic) bond motifs is 1. The fourth-order valence-electron chi connectivity index (χ4n) is 4.32. The molecule has 0 unspecified atom stereocenters. The van der Waals surface area contributed by atoms with Crippen LogP contribution in [-0.2, 0) is 17.6 Å². The van der Waals surface area contributed by atoms with Crippen LogP contribution in [0.4, 0.5) is 19.1 Å². The first-order chi connectivity index (χ1) is 15.8. The maximum Gasteiger partial charge on any atom is 0.453 e. The van der Waals surface area contributed by atoms with Crippen molar-refractivity contribution in [3.8, 4) is 5.75 Å². The van der Waals surface area contributed by atoms with Gasteiger partial charge in [0.05, 0.1) is 0 Å². The van der Waals surface area contributed by atoms with Crippen LogP contribution in [0.2, 0.25) is 0 Å². The molecule has 33 heavy (non-hydrogen) atoms. The number of Topliss-reactive ketones (excluding diaryl/α,β-unsaturated/α-hetero) is 1. The summed E-state index contributed by atoms with van der Waals surface area (Å²) < 4.78 is 47.0. The van der Waals surface area contributed by atoms with Gasteiger partial charge in [0.25, 0.3) is 5.82 Å². The van der Waals surface area contributed by atoms with Crippen LogP contribution in [0.1, 0.15) is 42.8 Å². The molecule has 0 fully saturated rings. The van der Waals surface area contributed by atoms with Gasteiger partial charge in [-0.15, -0.1) is 5.10 Å². The molecule has 2 heterocycles. The van der Waals surface area contributed by atoms with Gasteiger partial charge in [0.1, 0.15) is 18.4 Å². The molecule has 1 aliphatic heterocycles. The molecule has 6 nitrogen and oxygen atoms in total. The minimum Gasteiger partial charge on any atom is -0.489 e. The third-order valence-corrected chi connectivity index (χ3v) is 5.82. The number of nitrogens with one attached hydrogen (secondary N) is 1. The van der Waals surface area contributed by atoms with Crippen molar-refractivity contribution in [3.05, 3.63) is 82.8 Å². The Bertz CT molecular complexity index is 1220. The molecule has 170 valence electrons. The summed E-state index contributed by atoms with van der Waals surface area (Å²) in [6.07, 6.45) is -3.79. The second-order valence-corrected chi connectivity index (χ2v) is 8.40. The average Bonchev–Trinajstić information content (AvgIpc) is 3.22. The number of carbonyl (C=O) groups is 1. The SMILES string of the molecule is C[C@H]1CC(=O)C2=C(C1)Nc1nc(C(F)(F)F)nn1[C@@H]2c1ccc(OCc2ccccc2)cc1. The van der Waals surface area contributed by atoms with E-state index in [-0.39, 0.29) is 17.6 Å². The Morgan fingerprint density at radius 1 is 1.09 bits per heavy atom. The van der Waals surface area contributed by atoms with Crippen LogP contribution in [0.3, 0.4) is 0 Å². The number of anilines is 1.